The smallest absolute Gasteiger partial charge is 0.406 e. The third-order valence-corrected chi connectivity index (χ3v) is 5.16. The number of primary sulfonamides is 1. The molecule has 26 heavy (non-hydrogen) atoms. The summed E-state index contributed by atoms with van der Waals surface area (Å²) in [5.74, 6) is -0.270. The van der Waals surface area contributed by atoms with Gasteiger partial charge in [-0.3, -0.25) is 0 Å². The van der Waals surface area contributed by atoms with E-state index in [1.54, 1.807) is 24.3 Å². The first kappa shape index (κ1) is 18.5. The molecule has 2 aromatic carbocycles. The second kappa shape index (κ2) is 6.48. The molecule has 1 heterocycles. The van der Waals surface area contributed by atoms with Crippen LogP contribution in [0.2, 0.25) is 0 Å². The molecule has 5 nitrogen and oxygen atoms in total. The van der Waals surface area contributed by atoms with Crippen molar-refractivity contribution in [1.82, 2.24) is 0 Å². The number of rotatable bonds is 4. The van der Waals surface area contributed by atoms with Crippen LogP contribution >= 0.6 is 0 Å². The minimum atomic E-state index is -4.72. The zero-order valence-electron chi connectivity index (χ0n) is 13.8. The first-order valence-corrected chi connectivity index (χ1v) is 9.34. The summed E-state index contributed by atoms with van der Waals surface area (Å²) in [6, 6.07) is 10.5. The van der Waals surface area contributed by atoms with E-state index in [2.05, 4.69) is 9.64 Å². The van der Waals surface area contributed by atoms with Crippen molar-refractivity contribution in [1.29, 1.82) is 0 Å². The van der Waals surface area contributed by atoms with Gasteiger partial charge >= 0.3 is 6.36 Å². The average molecular weight is 386 g/mol. The number of sulfonamides is 1. The Kier molecular flexibility index (Phi) is 4.61. The minimum Gasteiger partial charge on any atom is -0.406 e. The molecule has 1 atom stereocenters. The molecule has 0 spiro atoms. The van der Waals surface area contributed by atoms with Crippen molar-refractivity contribution in [3.8, 4) is 5.75 Å². The molecule has 0 radical (unpaired) electrons. The molecule has 9 heteroatoms. The fraction of sp³-hybridized carbons (Fsp3) is 0.294. The number of nitrogens with zero attached hydrogens (tertiary/aromatic N) is 1. The van der Waals surface area contributed by atoms with Crippen LogP contribution < -0.4 is 14.8 Å². The zero-order chi connectivity index (χ0) is 19.1. The normalized spacial score (nSPS) is 17.3. The Hall–Kier alpha value is -2.26. The van der Waals surface area contributed by atoms with E-state index >= 15 is 0 Å². The van der Waals surface area contributed by atoms with Crippen LogP contribution in [0, 0.1) is 0 Å². The van der Waals surface area contributed by atoms with Crippen molar-refractivity contribution in [3.63, 3.8) is 0 Å². The van der Waals surface area contributed by atoms with Crippen LogP contribution in [0.15, 0.2) is 47.4 Å². The highest BCUT2D eigenvalue weighted by atomic mass is 32.2. The van der Waals surface area contributed by atoms with Gasteiger partial charge in [-0.1, -0.05) is 12.1 Å². The van der Waals surface area contributed by atoms with E-state index in [-0.39, 0.29) is 16.7 Å². The molecular weight excluding hydrogens is 369 g/mol. The van der Waals surface area contributed by atoms with Gasteiger partial charge in [0.2, 0.25) is 10.0 Å². The van der Waals surface area contributed by atoms with Gasteiger partial charge in [-0.05, 0) is 54.8 Å². The van der Waals surface area contributed by atoms with Gasteiger partial charge in [-0.25, -0.2) is 13.6 Å². The van der Waals surface area contributed by atoms with Crippen LogP contribution in [0.4, 0.5) is 18.9 Å². The molecule has 140 valence electrons. The average Bonchev–Trinajstić information content (AvgIpc) is 2.82. The Bertz CT molecular complexity index is 912. The quantitative estimate of drug-likeness (QED) is 0.876. The molecule has 2 N–H and O–H groups in total. The fourth-order valence-electron chi connectivity index (χ4n) is 3.08. The van der Waals surface area contributed by atoms with E-state index < -0.39 is 16.4 Å². The Morgan fingerprint density at radius 2 is 1.85 bits per heavy atom. The van der Waals surface area contributed by atoms with E-state index in [0.29, 0.717) is 13.0 Å². The Morgan fingerprint density at radius 1 is 1.19 bits per heavy atom. The predicted octanol–water partition coefficient (Wildman–Crippen LogP) is 3.18. The zero-order valence-corrected chi connectivity index (χ0v) is 14.6. The van der Waals surface area contributed by atoms with Crippen LogP contribution in [-0.4, -0.2) is 20.8 Å². The third kappa shape index (κ3) is 4.10. The maximum atomic E-state index is 12.2. The number of halogens is 3. The first-order chi connectivity index (χ1) is 12.0. The minimum absolute atomic E-state index is 0.0685. The van der Waals surface area contributed by atoms with Crippen LogP contribution in [-0.2, 0) is 23.0 Å². The molecule has 0 aliphatic carbocycles. The highest BCUT2D eigenvalue weighted by Crippen LogP contribution is 2.35. The van der Waals surface area contributed by atoms with Crippen LogP contribution in [0.3, 0.4) is 0 Å². The van der Waals surface area contributed by atoms with E-state index in [0.717, 1.165) is 16.8 Å². The second-order valence-electron chi connectivity index (χ2n) is 6.21. The summed E-state index contributed by atoms with van der Waals surface area (Å²) in [6.07, 6.45) is -4.06. The number of nitrogens with two attached hydrogens (primary N) is 1. The number of benzene rings is 2. The van der Waals surface area contributed by atoms with Gasteiger partial charge in [0.05, 0.1) is 4.90 Å². The lowest BCUT2D eigenvalue weighted by Gasteiger charge is -2.25. The van der Waals surface area contributed by atoms with E-state index in [4.69, 9.17) is 5.14 Å². The largest absolute Gasteiger partial charge is 0.573 e. The first-order valence-electron chi connectivity index (χ1n) is 7.80. The predicted molar refractivity (Wildman–Crippen MR) is 90.3 cm³/mol. The molecular formula is C17H17F3N2O3S. The molecule has 1 aliphatic rings. The van der Waals surface area contributed by atoms with E-state index in [9.17, 15) is 21.6 Å². The molecule has 0 saturated carbocycles. The standard InChI is InChI=1S/C17H17F3N2O3S/c1-11-8-13-9-15(26(21,23)24)6-7-16(13)22(11)10-12-2-4-14(5-3-12)25-17(18,19)20/h2-7,9,11H,8,10H2,1H3,(H2,21,23,24)/t11-/m1/s1. The molecule has 0 saturated heterocycles. The molecule has 0 unspecified atom stereocenters. The summed E-state index contributed by atoms with van der Waals surface area (Å²) in [7, 11) is -3.76. The van der Waals surface area contributed by atoms with Gasteiger partial charge in [0.1, 0.15) is 5.75 Å². The summed E-state index contributed by atoms with van der Waals surface area (Å²) in [5, 5.41) is 5.17. The molecule has 2 aromatic rings. The lowest BCUT2D eigenvalue weighted by atomic mass is 10.1. The number of hydrogen-bond donors (Lipinski definition) is 1. The SMILES string of the molecule is C[C@@H]1Cc2cc(S(N)(=O)=O)ccc2N1Cc1ccc(OC(F)(F)F)cc1. The van der Waals surface area contributed by atoms with Crippen molar-refractivity contribution in [2.45, 2.75) is 37.2 Å². The number of fused-ring (bicyclic) bond motifs is 1. The van der Waals surface area contributed by atoms with Crippen molar-refractivity contribution < 1.29 is 26.3 Å². The van der Waals surface area contributed by atoms with Crippen molar-refractivity contribution in [3.05, 3.63) is 53.6 Å². The maximum Gasteiger partial charge on any atom is 0.573 e. The van der Waals surface area contributed by atoms with E-state index in [1.807, 2.05) is 6.92 Å². The van der Waals surface area contributed by atoms with Gasteiger partial charge < -0.3 is 9.64 Å². The number of alkyl halides is 3. The van der Waals surface area contributed by atoms with Crippen molar-refractivity contribution in [2.75, 3.05) is 4.90 Å². The Morgan fingerprint density at radius 3 is 2.42 bits per heavy atom. The maximum absolute atomic E-state index is 12.2. The lowest BCUT2D eigenvalue weighted by Crippen LogP contribution is -2.28. The van der Waals surface area contributed by atoms with Crippen molar-refractivity contribution in [2.24, 2.45) is 5.14 Å². The van der Waals surface area contributed by atoms with Crippen LogP contribution in [0.25, 0.3) is 0 Å². The third-order valence-electron chi connectivity index (χ3n) is 4.25. The number of anilines is 1. The lowest BCUT2D eigenvalue weighted by molar-refractivity contribution is -0.274. The number of ether oxygens (including phenoxy) is 1. The highest BCUT2D eigenvalue weighted by molar-refractivity contribution is 7.89. The van der Waals surface area contributed by atoms with Gasteiger partial charge in [0.25, 0.3) is 0 Å². The van der Waals surface area contributed by atoms with Gasteiger partial charge in [0.15, 0.2) is 0 Å². The summed E-state index contributed by atoms with van der Waals surface area (Å²) in [6.45, 7) is 2.48. The highest BCUT2D eigenvalue weighted by Gasteiger charge is 2.31. The topological polar surface area (TPSA) is 72.6 Å². The molecule has 0 bridgehead atoms. The molecule has 3 rings (SSSR count). The molecule has 0 aromatic heterocycles. The second-order valence-corrected chi connectivity index (χ2v) is 7.77. The number of hydrogen-bond acceptors (Lipinski definition) is 4. The molecule has 1 aliphatic heterocycles. The van der Waals surface area contributed by atoms with Gasteiger partial charge in [-0.15, -0.1) is 13.2 Å². The summed E-state index contributed by atoms with van der Waals surface area (Å²) in [5.41, 5.74) is 2.58. The Labute approximate surface area is 149 Å². The summed E-state index contributed by atoms with van der Waals surface area (Å²) < 4.78 is 63.5. The summed E-state index contributed by atoms with van der Waals surface area (Å²) in [4.78, 5) is 2.14. The fourth-order valence-corrected chi connectivity index (χ4v) is 3.65. The molecule has 0 fully saturated rings. The van der Waals surface area contributed by atoms with Gasteiger partial charge in [0, 0.05) is 18.3 Å². The summed E-state index contributed by atoms with van der Waals surface area (Å²) >= 11 is 0. The van der Waals surface area contributed by atoms with Gasteiger partial charge in [-0.2, -0.15) is 0 Å². The van der Waals surface area contributed by atoms with Crippen molar-refractivity contribution >= 4 is 15.7 Å². The Balaban J connectivity index is 1.79. The molecule has 0 amide bonds. The van der Waals surface area contributed by atoms with Crippen LogP contribution in [0.5, 0.6) is 5.75 Å². The van der Waals surface area contributed by atoms with Crippen LogP contribution in [0.1, 0.15) is 18.1 Å². The van der Waals surface area contributed by atoms with E-state index in [1.165, 1.54) is 18.2 Å². The monoisotopic (exact) mass is 386 g/mol.